The number of aliphatic hydroxyl groups excluding tert-OH is 2. The van der Waals surface area contributed by atoms with Crippen molar-refractivity contribution in [3.05, 3.63) is 29.3 Å². The average Bonchev–Trinajstić information content (AvgIpc) is 2.90. The third-order valence-electron chi connectivity index (χ3n) is 3.86. The number of hydrogen-bond donors (Lipinski definition) is 3. The minimum absolute atomic E-state index is 0.0887. The summed E-state index contributed by atoms with van der Waals surface area (Å²) >= 11 is 0. The first-order valence-electron chi connectivity index (χ1n) is 7.38. The van der Waals surface area contributed by atoms with E-state index in [1.807, 2.05) is 25.2 Å². The molecule has 4 heteroatoms. The van der Waals surface area contributed by atoms with Crippen molar-refractivity contribution in [2.24, 2.45) is 0 Å². The Bertz CT molecular complexity index is 445. The van der Waals surface area contributed by atoms with E-state index in [2.05, 4.69) is 12.1 Å². The number of nitrogens with two attached hydrogens (primary N) is 1. The van der Waals surface area contributed by atoms with Gasteiger partial charge in [-0.2, -0.15) is 0 Å². The van der Waals surface area contributed by atoms with Crippen molar-refractivity contribution in [3.8, 4) is 5.75 Å². The van der Waals surface area contributed by atoms with Gasteiger partial charge in [0, 0.05) is 0 Å². The minimum atomic E-state index is -0.533. The smallest absolute Gasteiger partial charge is 0.137 e. The molecule has 4 nitrogen and oxygen atoms in total. The van der Waals surface area contributed by atoms with Gasteiger partial charge in [0.2, 0.25) is 0 Å². The van der Waals surface area contributed by atoms with Crippen LogP contribution in [0.25, 0.3) is 0 Å². The second-order valence-electron chi connectivity index (χ2n) is 6.34. The number of ether oxygens (including phenoxy) is 1. The highest BCUT2D eigenvalue weighted by Crippen LogP contribution is 2.25. The minimum Gasteiger partial charge on any atom is -0.491 e. The van der Waals surface area contributed by atoms with Gasteiger partial charge in [-0.05, 0) is 56.4 Å². The highest BCUT2D eigenvalue weighted by molar-refractivity contribution is 5.38. The van der Waals surface area contributed by atoms with Crippen molar-refractivity contribution in [2.45, 2.75) is 44.8 Å². The first kappa shape index (κ1) is 15.3. The van der Waals surface area contributed by atoms with Crippen molar-refractivity contribution in [1.29, 1.82) is 0 Å². The highest BCUT2D eigenvalue weighted by Gasteiger charge is 2.21. The highest BCUT2D eigenvalue weighted by atomic mass is 16.5. The van der Waals surface area contributed by atoms with E-state index in [4.69, 9.17) is 9.84 Å². The van der Waals surface area contributed by atoms with Gasteiger partial charge in [-0.3, -0.25) is 0 Å². The summed E-state index contributed by atoms with van der Waals surface area (Å²) in [6.45, 7) is 4.79. The third-order valence-corrected chi connectivity index (χ3v) is 3.86. The monoisotopic (exact) mass is 280 g/mol. The number of benzene rings is 1. The van der Waals surface area contributed by atoms with Crippen LogP contribution in [0.3, 0.4) is 0 Å². The molecule has 1 aliphatic carbocycles. The zero-order valence-corrected chi connectivity index (χ0v) is 12.4. The number of hydrogen-bond acceptors (Lipinski definition) is 3. The van der Waals surface area contributed by atoms with E-state index < -0.39 is 6.10 Å². The van der Waals surface area contributed by atoms with Crippen LogP contribution in [-0.4, -0.2) is 41.6 Å². The standard InChI is InChI=1S/C16H25NO3/c1-16(2,11-18)17-9-14(19)10-20-15-7-6-12-4-3-5-13(12)8-15/h6-8,14,17-19H,3-5,9-11H2,1-2H3/p+1/t14-/m1/s1. The van der Waals surface area contributed by atoms with Gasteiger partial charge >= 0.3 is 0 Å². The first-order chi connectivity index (χ1) is 9.50. The number of aryl methyl sites for hydroxylation is 2. The maximum absolute atomic E-state index is 9.92. The summed E-state index contributed by atoms with van der Waals surface area (Å²) in [6, 6.07) is 6.21. The molecule has 0 heterocycles. The van der Waals surface area contributed by atoms with Crippen LogP contribution in [0.4, 0.5) is 0 Å². The zero-order valence-electron chi connectivity index (χ0n) is 12.4. The zero-order chi connectivity index (χ0) is 14.6. The van der Waals surface area contributed by atoms with Gasteiger partial charge in [0.1, 0.15) is 30.5 Å². The molecule has 0 unspecified atom stereocenters. The van der Waals surface area contributed by atoms with Crippen LogP contribution in [0.5, 0.6) is 5.75 Å². The first-order valence-corrected chi connectivity index (χ1v) is 7.38. The Morgan fingerprint density at radius 3 is 2.80 bits per heavy atom. The lowest BCUT2D eigenvalue weighted by Crippen LogP contribution is -2.97. The van der Waals surface area contributed by atoms with Gasteiger partial charge in [-0.25, -0.2) is 0 Å². The fourth-order valence-electron chi connectivity index (χ4n) is 2.42. The van der Waals surface area contributed by atoms with Crippen LogP contribution in [0.2, 0.25) is 0 Å². The number of rotatable bonds is 7. The molecule has 0 saturated carbocycles. The Balaban J connectivity index is 1.77. The molecule has 112 valence electrons. The van der Waals surface area contributed by atoms with E-state index in [1.165, 1.54) is 24.0 Å². The molecule has 0 spiro atoms. The van der Waals surface area contributed by atoms with Gasteiger partial charge in [0.05, 0.1) is 6.61 Å². The molecular weight excluding hydrogens is 254 g/mol. The van der Waals surface area contributed by atoms with E-state index in [9.17, 15) is 5.11 Å². The molecule has 0 fully saturated rings. The SMILES string of the molecule is CC(C)(CO)[NH2+]C[C@@H](O)COc1ccc2c(c1)CCC2. The normalized spacial score (nSPS) is 16.0. The van der Waals surface area contributed by atoms with Gasteiger partial charge in [0.25, 0.3) is 0 Å². The number of aliphatic hydroxyl groups is 2. The molecule has 0 bridgehead atoms. The molecular formula is C16H26NO3+. The lowest BCUT2D eigenvalue weighted by atomic mass is 10.1. The predicted octanol–water partition coefficient (Wildman–Crippen LogP) is 0.249. The van der Waals surface area contributed by atoms with E-state index in [0.717, 1.165) is 12.2 Å². The molecule has 0 radical (unpaired) electrons. The van der Waals surface area contributed by atoms with Crippen LogP contribution in [0.1, 0.15) is 31.4 Å². The molecule has 0 aliphatic heterocycles. The summed E-state index contributed by atoms with van der Waals surface area (Å²) in [5.41, 5.74) is 2.55. The second-order valence-corrected chi connectivity index (χ2v) is 6.34. The fourth-order valence-corrected chi connectivity index (χ4v) is 2.42. The quantitative estimate of drug-likeness (QED) is 0.671. The molecule has 4 N–H and O–H groups in total. The lowest BCUT2D eigenvalue weighted by Gasteiger charge is -2.21. The van der Waals surface area contributed by atoms with Crippen LogP contribution < -0.4 is 10.1 Å². The van der Waals surface area contributed by atoms with Crippen molar-refractivity contribution in [3.63, 3.8) is 0 Å². The summed E-state index contributed by atoms with van der Waals surface area (Å²) < 4.78 is 5.66. The predicted molar refractivity (Wildman–Crippen MR) is 77.9 cm³/mol. The molecule has 1 aromatic carbocycles. The molecule has 2 rings (SSSR count). The van der Waals surface area contributed by atoms with Crippen LogP contribution in [-0.2, 0) is 12.8 Å². The molecule has 1 aliphatic rings. The topological polar surface area (TPSA) is 66.3 Å². The van der Waals surface area contributed by atoms with Gasteiger partial charge in [0.15, 0.2) is 0 Å². The largest absolute Gasteiger partial charge is 0.491 e. The van der Waals surface area contributed by atoms with Gasteiger partial charge in [-0.1, -0.05) is 6.07 Å². The molecule has 0 saturated heterocycles. The Kier molecular flexibility index (Phi) is 5.02. The summed E-state index contributed by atoms with van der Waals surface area (Å²) in [4.78, 5) is 0. The fraction of sp³-hybridized carbons (Fsp3) is 0.625. The third kappa shape index (κ3) is 4.20. The van der Waals surface area contributed by atoms with Crippen LogP contribution in [0, 0.1) is 0 Å². The number of fused-ring (bicyclic) bond motifs is 1. The summed E-state index contributed by atoms with van der Waals surface area (Å²) in [5, 5.41) is 21.0. The van der Waals surface area contributed by atoms with Crippen LogP contribution >= 0.6 is 0 Å². The molecule has 1 aromatic rings. The molecule has 0 amide bonds. The van der Waals surface area contributed by atoms with E-state index >= 15 is 0 Å². The number of quaternary nitrogens is 1. The Labute approximate surface area is 120 Å². The van der Waals surface area contributed by atoms with E-state index in [-0.39, 0.29) is 18.8 Å². The van der Waals surface area contributed by atoms with E-state index in [1.54, 1.807) is 0 Å². The second kappa shape index (κ2) is 6.57. The molecule has 0 aromatic heterocycles. The average molecular weight is 280 g/mol. The van der Waals surface area contributed by atoms with Gasteiger partial charge in [-0.15, -0.1) is 0 Å². The maximum Gasteiger partial charge on any atom is 0.137 e. The van der Waals surface area contributed by atoms with Crippen molar-refractivity contribution >= 4 is 0 Å². The van der Waals surface area contributed by atoms with Crippen molar-refractivity contribution < 1.29 is 20.3 Å². The maximum atomic E-state index is 9.92. The van der Waals surface area contributed by atoms with E-state index in [0.29, 0.717) is 6.54 Å². The van der Waals surface area contributed by atoms with Crippen LogP contribution in [0.15, 0.2) is 18.2 Å². The molecule has 1 atom stereocenters. The van der Waals surface area contributed by atoms with Crippen molar-refractivity contribution in [2.75, 3.05) is 19.8 Å². The Morgan fingerprint density at radius 1 is 1.30 bits per heavy atom. The van der Waals surface area contributed by atoms with Crippen molar-refractivity contribution in [1.82, 2.24) is 0 Å². The Hall–Kier alpha value is -1.10. The summed E-state index contributed by atoms with van der Waals surface area (Å²) in [6.07, 6.45) is 3.00. The lowest BCUT2D eigenvalue weighted by molar-refractivity contribution is -0.727. The Morgan fingerprint density at radius 2 is 2.05 bits per heavy atom. The molecule has 20 heavy (non-hydrogen) atoms. The van der Waals surface area contributed by atoms with Gasteiger partial charge < -0.3 is 20.3 Å². The summed E-state index contributed by atoms with van der Waals surface area (Å²) in [5.74, 6) is 0.839. The summed E-state index contributed by atoms with van der Waals surface area (Å²) in [7, 11) is 0.